The van der Waals surface area contributed by atoms with Crippen molar-refractivity contribution < 1.29 is 0 Å². The largest absolute Gasteiger partial charge is 0.310 e. The molecule has 2 aliphatic rings. The summed E-state index contributed by atoms with van der Waals surface area (Å²) in [6.45, 7) is 0. The molecule has 0 heterocycles. The van der Waals surface area contributed by atoms with Crippen LogP contribution < -0.4 is 4.90 Å². The van der Waals surface area contributed by atoms with E-state index < -0.39 is 5.41 Å². The van der Waals surface area contributed by atoms with Crippen LogP contribution in [-0.2, 0) is 5.41 Å². The molecule has 0 saturated heterocycles. The van der Waals surface area contributed by atoms with Gasteiger partial charge in [-0.25, -0.2) is 0 Å². The lowest BCUT2D eigenvalue weighted by molar-refractivity contribution is 0.793. The number of nitrogens with zero attached hydrogens (tertiary/aromatic N) is 1. The topological polar surface area (TPSA) is 3.24 Å². The zero-order chi connectivity index (χ0) is 40.8. The van der Waals surface area contributed by atoms with Gasteiger partial charge in [-0.1, -0.05) is 206 Å². The average Bonchev–Trinajstić information content (AvgIpc) is 3.82. The molecular formula is C61H39N. The van der Waals surface area contributed by atoms with E-state index in [1.54, 1.807) is 0 Å². The first-order chi connectivity index (χ1) is 30.8. The molecule has 0 bridgehead atoms. The van der Waals surface area contributed by atoms with Gasteiger partial charge in [0.1, 0.15) is 0 Å². The smallest absolute Gasteiger partial charge is 0.0726 e. The van der Waals surface area contributed by atoms with Gasteiger partial charge in [-0.15, -0.1) is 0 Å². The summed E-state index contributed by atoms with van der Waals surface area (Å²) in [4.78, 5) is 2.52. The number of para-hydroxylation sites is 1. The lowest BCUT2D eigenvalue weighted by Crippen LogP contribution is -2.26. The quantitative estimate of drug-likeness (QED) is 0.157. The molecule has 0 aliphatic heterocycles. The van der Waals surface area contributed by atoms with E-state index in [0.717, 1.165) is 17.1 Å². The van der Waals surface area contributed by atoms with Crippen molar-refractivity contribution in [2.75, 3.05) is 4.90 Å². The summed E-state index contributed by atoms with van der Waals surface area (Å²) in [5.41, 5.74) is 18.2. The number of hydrogen-bond acceptors (Lipinski definition) is 1. The van der Waals surface area contributed by atoms with Crippen LogP contribution in [0.15, 0.2) is 237 Å². The Bertz CT molecular complexity index is 3500. The second-order valence-electron chi connectivity index (χ2n) is 16.7. The third kappa shape index (κ3) is 4.85. The summed E-state index contributed by atoms with van der Waals surface area (Å²) in [7, 11) is 0. The van der Waals surface area contributed by atoms with E-state index in [1.165, 1.54) is 99.1 Å². The predicted molar refractivity (Wildman–Crippen MR) is 261 cm³/mol. The zero-order valence-corrected chi connectivity index (χ0v) is 34.0. The summed E-state index contributed by atoms with van der Waals surface area (Å²) in [6, 6.07) is 87.9. The van der Waals surface area contributed by atoms with Crippen LogP contribution in [-0.4, -0.2) is 0 Å². The van der Waals surface area contributed by atoms with Crippen LogP contribution in [0.3, 0.4) is 0 Å². The SMILES string of the molecule is c1ccc(-c2ccccc2-c2ccccc2N(c2ccc3c(c2)C2(c4ccccc4-c4ccccc42)c2ccccc2-3)c2ccc3c4ccccc4c4ccccc4c3c2)cc1. The summed E-state index contributed by atoms with van der Waals surface area (Å²) < 4.78 is 0. The van der Waals surface area contributed by atoms with Gasteiger partial charge >= 0.3 is 0 Å². The molecule has 0 fully saturated rings. The first-order valence-electron chi connectivity index (χ1n) is 21.6. The number of benzene rings is 11. The molecule has 2 aliphatic carbocycles. The third-order valence-corrected chi connectivity index (χ3v) is 13.7. The molecule has 11 aromatic carbocycles. The fourth-order valence-corrected chi connectivity index (χ4v) is 11.2. The number of rotatable bonds is 5. The Labute approximate surface area is 361 Å². The Morgan fingerprint density at radius 2 is 0.645 bits per heavy atom. The third-order valence-electron chi connectivity index (χ3n) is 13.7. The molecule has 62 heavy (non-hydrogen) atoms. The molecule has 0 amide bonds. The summed E-state index contributed by atoms with van der Waals surface area (Å²) in [5, 5.41) is 7.58. The second kappa shape index (κ2) is 13.5. The fourth-order valence-electron chi connectivity index (χ4n) is 11.2. The predicted octanol–water partition coefficient (Wildman–Crippen LogP) is 16.3. The monoisotopic (exact) mass is 785 g/mol. The lowest BCUT2D eigenvalue weighted by Gasteiger charge is -2.33. The molecule has 0 unspecified atom stereocenters. The molecular weight excluding hydrogens is 747 g/mol. The minimum atomic E-state index is -0.460. The normalized spacial score (nSPS) is 13.0. The van der Waals surface area contributed by atoms with Crippen molar-refractivity contribution in [1.82, 2.24) is 0 Å². The van der Waals surface area contributed by atoms with E-state index >= 15 is 0 Å². The molecule has 0 radical (unpaired) electrons. The molecule has 0 N–H and O–H groups in total. The van der Waals surface area contributed by atoms with Gasteiger partial charge in [0, 0.05) is 16.9 Å². The van der Waals surface area contributed by atoms with E-state index in [2.05, 4.69) is 241 Å². The van der Waals surface area contributed by atoms with Crippen molar-refractivity contribution in [3.8, 4) is 44.5 Å². The highest BCUT2D eigenvalue weighted by Gasteiger charge is 2.51. The van der Waals surface area contributed by atoms with Crippen molar-refractivity contribution in [2.24, 2.45) is 0 Å². The molecule has 13 rings (SSSR count). The van der Waals surface area contributed by atoms with Gasteiger partial charge in [-0.2, -0.15) is 0 Å². The van der Waals surface area contributed by atoms with Gasteiger partial charge in [-0.05, 0) is 124 Å². The van der Waals surface area contributed by atoms with Crippen molar-refractivity contribution >= 4 is 49.4 Å². The van der Waals surface area contributed by atoms with Gasteiger partial charge in [-0.3, -0.25) is 0 Å². The molecule has 11 aromatic rings. The Hall–Kier alpha value is -8.00. The van der Waals surface area contributed by atoms with E-state index in [1.807, 2.05) is 0 Å². The summed E-state index contributed by atoms with van der Waals surface area (Å²) in [6.07, 6.45) is 0. The molecule has 1 spiro atoms. The summed E-state index contributed by atoms with van der Waals surface area (Å²) >= 11 is 0. The number of anilines is 3. The van der Waals surface area contributed by atoms with E-state index in [-0.39, 0.29) is 0 Å². The van der Waals surface area contributed by atoms with Crippen molar-refractivity contribution in [2.45, 2.75) is 5.41 Å². The van der Waals surface area contributed by atoms with Gasteiger partial charge in [0.25, 0.3) is 0 Å². The van der Waals surface area contributed by atoms with Crippen LogP contribution in [0.4, 0.5) is 17.1 Å². The maximum atomic E-state index is 2.52. The number of fused-ring (bicyclic) bond motifs is 16. The maximum Gasteiger partial charge on any atom is 0.0726 e. The van der Waals surface area contributed by atoms with Crippen LogP contribution >= 0.6 is 0 Å². The van der Waals surface area contributed by atoms with Crippen LogP contribution in [0.25, 0.3) is 76.8 Å². The van der Waals surface area contributed by atoms with Crippen LogP contribution in [0.5, 0.6) is 0 Å². The Morgan fingerprint density at radius 1 is 0.242 bits per heavy atom. The highest BCUT2D eigenvalue weighted by Crippen LogP contribution is 2.63. The Kier molecular flexibility index (Phi) is 7.59. The second-order valence-corrected chi connectivity index (χ2v) is 16.7. The maximum absolute atomic E-state index is 2.52. The molecule has 1 heteroatoms. The average molecular weight is 786 g/mol. The minimum Gasteiger partial charge on any atom is -0.310 e. The molecule has 1 nitrogen and oxygen atoms in total. The van der Waals surface area contributed by atoms with E-state index in [4.69, 9.17) is 0 Å². The van der Waals surface area contributed by atoms with Crippen molar-refractivity contribution in [3.63, 3.8) is 0 Å². The highest BCUT2D eigenvalue weighted by atomic mass is 15.1. The van der Waals surface area contributed by atoms with Gasteiger partial charge in [0.15, 0.2) is 0 Å². The molecule has 0 aromatic heterocycles. The first kappa shape index (κ1) is 34.8. The van der Waals surface area contributed by atoms with Crippen molar-refractivity contribution in [3.05, 3.63) is 259 Å². The van der Waals surface area contributed by atoms with Crippen LogP contribution in [0, 0.1) is 0 Å². The molecule has 288 valence electrons. The van der Waals surface area contributed by atoms with Crippen LogP contribution in [0.1, 0.15) is 22.3 Å². The Morgan fingerprint density at radius 3 is 1.24 bits per heavy atom. The summed E-state index contributed by atoms with van der Waals surface area (Å²) in [5.74, 6) is 0. The molecule has 0 saturated carbocycles. The zero-order valence-electron chi connectivity index (χ0n) is 34.0. The number of hydrogen-bond donors (Lipinski definition) is 0. The lowest BCUT2D eigenvalue weighted by atomic mass is 9.70. The van der Waals surface area contributed by atoms with Gasteiger partial charge in [0.05, 0.1) is 11.1 Å². The van der Waals surface area contributed by atoms with Gasteiger partial charge < -0.3 is 4.90 Å². The van der Waals surface area contributed by atoms with Crippen LogP contribution in [0.2, 0.25) is 0 Å². The standard InChI is InChI=1S/C61H39N/c1-2-18-40(19-3-1)43-20-4-5-21-44(43)54-29-13-17-33-60(54)62(41-34-36-49-47-24-7-6-22-45(47)46-23-8-9-25-48(46)55(49)38-41)42-35-37-53-52-28-12-16-32-58(52)61(59(53)39-42)56-30-14-10-26-50(56)51-27-11-15-31-57(51)61/h1-39H. The first-order valence-corrected chi connectivity index (χ1v) is 21.6. The molecule has 0 atom stereocenters. The highest BCUT2D eigenvalue weighted by molar-refractivity contribution is 6.26. The van der Waals surface area contributed by atoms with E-state index in [0.29, 0.717) is 0 Å². The fraction of sp³-hybridized carbons (Fsp3) is 0.0164. The minimum absolute atomic E-state index is 0.460. The van der Waals surface area contributed by atoms with E-state index in [9.17, 15) is 0 Å². The van der Waals surface area contributed by atoms with Gasteiger partial charge in [0.2, 0.25) is 0 Å². The Balaban J connectivity index is 1.12. The van der Waals surface area contributed by atoms with Crippen molar-refractivity contribution in [1.29, 1.82) is 0 Å².